The van der Waals surface area contributed by atoms with E-state index in [4.69, 9.17) is 23.2 Å². The van der Waals surface area contributed by atoms with Crippen LogP contribution < -0.4 is 10.1 Å². The summed E-state index contributed by atoms with van der Waals surface area (Å²) in [6, 6.07) is 14.3. The van der Waals surface area contributed by atoms with E-state index >= 15 is 0 Å². The zero-order valence-electron chi connectivity index (χ0n) is 20.1. The van der Waals surface area contributed by atoms with Crippen LogP contribution in [0.25, 0.3) is 0 Å². The third-order valence-corrected chi connectivity index (χ3v) is 7.00. The highest BCUT2D eigenvalue weighted by Crippen LogP contribution is 2.38. The van der Waals surface area contributed by atoms with Crippen LogP contribution in [0.4, 0.5) is 14.5 Å². The van der Waals surface area contributed by atoms with E-state index < -0.39 is 12.2 Å². The molecule has 3 aromatic rings. The van der Waals surface area contributed by atoms with Gasteiger partial charge in [-0.05, 0) is 36.5 Å². The van der Waals surface area contributed by atoms with Crippen molar-refractivity contribution in [2.24, 2.45) is 0 Å². The van der Waals surface area contributed by atoms with Gasteiger partial charge in [-0.1, -0.05) is 67.4 Å². The molecule has 0 spiro atoms. The van der Waals surface area contributed by atoms with Crippen molar-refractivity contribution in [3.63, 3.8) is 0 Å². The fraction of sp³-hybridized carbons (Fsp3) is 0.385. The van der Waals surface area contributed by atoms with Gasteiger partial charge in [-0.25, -0.2) is 0 Å². The van der Waals surface area contributed by atoms with E-state index in [1.807, 2.05) is 32.0 Å². The van der Waals surface area contributed by atoms with Gasteiger partial charge in [0.2, 0.25) is 0 Å². The first-order chi connectivity index (χ1) is 17.2. The summed E-state index contributed by atoms with van der Waals surface area (Å²) < 4.78 is 32.4. The molecule has 0 bridgehead atoms. The van der Waals surface area contributed by atoms with Crippen LogP contribution >= 0.6 is 23.2 Å². The standard InChI is InChI=1S/C26H28Cl2F2N4O2/c1-17(2)23-20(28)15-31-34(23)26(10-12-33(13-11-26)16-18-6-4-3-5-7-18)24(35)32-21-9-8-19(27)14-22(21)36-25(29)30/h3-9,14-15,17,25H,10-13,16H2,1-2H3,(H,32,35). The molecule has 4 rings (SSSR count). The number of piperidine rings is 1. The van der Waals surface area contributed by atoms with E-state index in [-0.39, 0.29) is 28.3 Å². The van der Waals surface area contributed by atoms with E-state index in [1.165, 1.54) is 23.8 Å². The minimum absolute atomic E-state index is 0.0142. The Morgan fingerprint density at radius 1 is 1.14 bits per heavy atom. The molecule has 0 radical (unpaired) electrons. The summed E-state index contributed by atoms with van der Waals surface area (Å²) in [7, 11) is 0. The molecule has 1 aromatic heterocycles. The number of anilines is 1. The number of hydrogen-bond acceptors (Lipinski definition) is 4. The van der Waals surface area contributed by atoms with Gasteiger partial charge in [0.05, 0.1) is 22.6 Å². The zero-order valence-corrected chi connectivity index (χ0v) is 21.6. The minimum atomic E-state index is -3.06. The first kappa shape index (κ1) is 26.4. The average Bonchev–Trinajstić information content (AvgIpc) is 3.24. The lowest BCUT2D eigenvalue weighted by Gasteiger charge is -2.42. The lowest BCUT2D eigenvalue weighted by Crippen LogP contribution is -2.54. The number of hydrogen-bond donors (Lipinski definition) is 1. The maximum Gasteiger partial charge on any atom is 0.387 e. The maximum absolute atomic E-state index is 14.0. The second kappa shape index (κ2) is 11.2. The summed E-state index contributed by atoms with van der Waals surface area (Å²) in [6.07, 6.45) is 2.47. The molecule has 1 aliphatic rings. The minimum Gasteiger partial charge on any atom is -0.433 e. The Morgan fingerprint density at radius 2 is 1.83 bits per heavy atom. The van der Waals surface area contributed by atoms with Gasteiger partial charge in [0.25, 0.3) is 5.91 Å². The summed E-state index contributed by atoms with van der Waals surface area (Å²) in [4.78, 5) is 16.2. The molecule has 192 valence electrons. The summed E-state index contributed by atoms with van der Waals surface area (Å²) >= 11 is 12.5. The topological polar surface area (TPSA) is 59.4 Å². The second-order valence-corrected chi connectivity index (χ2v) is 10.1. The molecule has 2 heterocycles. The van der Waals surface area contributed by atoms with Gasteiger partial charge in [0.1, 0.15) is 5.54 Å². The number of amides is 1. The number of alkyl halides is 2. The van der Waals surface area contributed by atoms with E-state index in [0.717, 1.165) is 12.2 Å². The molecule has 2 aromatic carbocycles. The lowest BCUT2D eigenvalue weighted by atomic mass is 9.85. The van der Waals surface area contributed by atoms with Crippen molar-refractivity contribution in [1.29, 1.82) is 0 Å². The number of halogens is 4. The number of carbonyl (C=O) groups excluding carboxylic acids is 1. The first-order valence-electron chi connectivity index (χ1n) is 11.8. The smallest absolute Gasteiger partial charge is 0.387 e. The predicted molar refractivity (Wildman–Crippen MR) is 137 cm³/mol. The SMILES string of the molecule is CC(C)c1c(Cl)cnn1C1(C(=O)Nc2ccc(Cl)cc2OC(F)F)CCN(Cc2ccccc2)CC1. The van der Waals surface area contributed by atoms with Crippen LogP contribution in [-0.2, 0) is 16.9 Å². The number of carbonyl (C=O) groups is 1. The van der Waals surface area contributed by atoms with Crippen molar-refractivity contribution in [3.05, 3.63) is 76.0 Å². The summed E-state index contributed by atoms with van der Waals surface area (Å²) in [6.45, 7) is 2.95. The fourth-order valence-electron chi connectivity index (χ4n) is 4.69. The molecule has 0 atom stereocenters. The Bertz CT molecular complexity index is 1200. The molecule has 1 fully saturated rings. The van der Waals surface area contributed by atoms with Crippen LogP contribution in [0.2, 0.25) is 10.0 Å². The van der Waals surface area contributed by atoms with E-state index in [0.29, 0.717) is 31.0 Å². The average molecular weight is 537 g/mol. The highest BCUT2D eigenvalue weighted by Gasteiger charge is 2.46. The number of benzene rings is 2. The van der Waals surface area contributed by atoms with Crippen molar-refractivity contribution in [1.82, 2.24) is 14.7 Å². The van der Waals surface area contributed by atoms with Crippen LogP contribution in [0.5, 0.6) is 5.75 Å². The molecule has 36 heavy (non-hydrogen) atoms. The monoisotopic (exact) mass is 536 g/mol. The molecule has 0 aliphatic carbocycles. The Labute approximate surface area is 219 Å². The summed E-state index contributed by atoms with van der Waals surface area (Å²) in [5.74, 6) is -0.560. The molecule has 1 amide bonds. The number of likely N-dealkylation sites (tertiary alicyclic amines) is 1. The van der Waals surface area contributed by atoms with Gasteiger partial charge >= 0.3 is 6.61 Å². The van der Waals surface area contributed by atoms with Crippen LogP contribution in [0, 0.1) is 0 Å². The zero-order chi connectivity index (χ0) is 25.9. The number of nitrogens with one attached hydrogen (secondary N) is 1. The van der Waals surface area contributed by atoms with Gasteiger partial charge in [-0.2, -0.15) is 13.9 Å². The Kier molecular flexibility index (Phi) is 8.17. The molecule has 0 saturated carbocycles. The largest absolute Gasteiger partial charge is 0.433 e. The molecule has 0 unspecified atom stereocenters. The van der Waals surface area contributed by atoms with Crippen molar-refractivity contribution in [2.75, 3.05) is 18.4 Å². The highest BCUT2D eigenvalue weighted by atomic mass is 35.5. The first-order valence-corrected chi connectivity index (χ1v) is 12.5. The van der Waals surface area contributed by atoms with Gasteiger partial charge in [0, 0.05) is 30.7 Å². The summed E-state index contributed by atoms with van der Waals surface area (Å²) in [5.41, 5.74) is 0.986. The van der Waals surface area contributed by atoms with Gasteiger partial charge in [-0.3, -0.25) is 14.4 Å². The Morgan fingerprint density at radius 3 is 2.47 bits per heavy atom. The normalized spacial score (nSPS) is 15.9. The maximum atomic E-state index is 14.0. The third-order valence-electron chi connectivity index (χ3n) is 6.47. The molecular formula is C26H28Cl2F2N4O2. The van der Waals surface area contributed by atoms with E-state index in [9.17, 15) is 13.6 Å². The van der Waals surface area contributed by atoms with Crippen LogP contribution in [0.3, 0.4) is 0 Å². The van der Waals surface area contributed by atoms with Gasteiger partial charge < -0.3 is 10.1 Å². The van der Waals surface area contributed by atoms with Crippen LogP contribution in [0.15, 0.2) is 54.7 Å². The molecule has 6 nitrogen and oxygen atoms in total. The molecule has 10 heteroatoms. The third kappa shape index (κ3) is 5.66. The molecule has 1 aliphatic heterocycles. The van der Waals surface area contributed by atoms with E-state index in [1.54, 1.807) is 10.9 Å². The van der Waals surface area contributed by atoms with Gasteiger partial charge in [0.15, 0.2) is 5.75 Å². The van der Waals surface area contributed by atoms with Crippen LogP contribution in [0.1, 0.15) is 43.9 Å². The molecule has 1 saturated heterocycles. The Hall–Kier alpha value is -2.68. The van der Waals surface area contributed by atoms with Crippen molar-refractivity contribution < 1.29 is 18.3 Å². The summed E-state index contributed by atoms with van der Waals surface area (Å²) in [5, 5.41) is 8.04. The second-order valence-electron chi connectivity index (χ2n) is 9.21. The number of aromatic nitrogens is 2. The van der Waals surface area contributed by atoms with Crippen LogP contribution in [-0.4, -0.2) is 40.3 Å². The molecule has 1 N–H and O–H groups in total. The van der Waals surface area contributed by atoms with Crippen molar-refractivity contribution in [3.8, 4) is 5.75 Å². The molecular weight excluding hydrogens is 509 g/mol. The quantitative estimate of drug-likeness (QED) is 0.354. The van der Waals surface area contributed by atoms with Gasteiger partial charge in [-0.15, -0.1) is 0 Å². The highest BCUT2D eigenvalue weighted by molar-refractivity contribution is 6.31. The predicted octanol–water partition coefficient (Wildman–Crippen LogP) is 6.54. The number of rotatable bonds is 8. The van der Waals surface area contributed by atoms with Crippen molar-refractivity contribution in [2.45, 2.75) is 51.3 Å². The van der Waals surface area contributed by atoms with Crippen molar-refractivity contribution >= 4 is 34.8 Å². The van der Waals surface area contributed by atoms with E-state index in [2.05, 4.69) is 32.2 Å². The number of nitrogens with zero attached hydrogens (tertiary/aromatic N) is 3. The Balaban J connectivity index is 1.66. The fourth-order valence-corrected chi connectivity index (χ4v) is 5.19. The number of ether oxygens (including phenoxy) is 1. The lowest BCUT2D eigenvalue weighted by molar-refractivity contribution is -0.128.